The van der Waals surface area contributed by atoms with E-state index in [1.165, 1.54) is 12.3 Å². The van der Waals surface area contributed by atoms with Crippen molar-refractivity contribution in [3.05, 3.63) is 42.2 Å². The van der Waals surface area contributed by atoms with Gasteiger partial charge >= 0.3 is 5.97 Å². The second kappa shape index (κ2) is 5.45. The van der Waals surface area contributed by atoms with Crippen molar-refractivity contribution in [2.75, 3.05) is 5.32 Å². The van der Waals surface area contributed by atoms with E-state index in [4.69, 9.17) is 9.52 Å². The largest absolute Gasteiger partial charge is 0.477 e. The lowest BCUT2D eigenvalue weighted by atomic mass is 10.2. The maximum absolute atomic E-state index is 11.8. The van der Waals surface area contributed by atoms with Crippen LogP contribution < -0.4 is 5.32 Å². The van der Waals surface area contributed by atoms with E-state index in [0.717, 1.165) is 12.8 Å². The molecule has 2 heterocycles. The van der Waals surface area contributed by atoms with Gasteiger partial charge in [0.2, 0.25) is 11.8 Å². The number of hydrogen-bond donors (Lipinski definition) is 2. The average molecular weight is 323 g/mol. The number of pyridine rings is 1. The maximum Gasteiger partial charge on any atom is 0.354 e. The molecule has 4 rings (SSSR count). The number of carbonyl (C=O) groups excluding carboxylic acids is 1. The van der Waals surface area contributed by atoms with Crippen molar-refractivity contribution in [3.63, 3.8) is 0 Å². The van der Waals surface area contributed by atoms with Gasteiger partial charge in [-0.05, 0) is 37.1 Å². The van der Waals surface area contributed by atoms with Crippen molar-refractivity contribution in [1.82, 2.24) is 9.97 Å². The topological polar surface area (TPSA) is 105 Å². The lowest BCUT2D eigenvalue weighted by Crippen LogP contribution is -2.12. The van der Waals surface area contributed by atoms with Gasteiger partial charge in [-0.15, -0.1) is 0 Å². The first-order valence-corrected chi connectivity index (χ1v) is 7.51. The van der Waals surface area contributed by atoms with Gasteiger partial charge in [0.05, 0.1) is 0 Å². The van der Waals surface area contributed by atoms with Crippen LogP contribution >= 0.6 is 0 Å². The number of benzene rings is 1. The summed E-state index contributed by atoms with van der Waals surface area (Å²) in [5.74, 6) is -0.662. The van der Waals surface area contributed by atoms with Crippen LogP contribution in [0.5, 0.6) is 0 Å². The summed E-state index contributed by atoms with van der Waals surface area (Å²) in [5, 5.41) is 11.9. The van der Waals surface area contributed by atoms with Crippen molar-refractivity contribution in [2.24, 2.45) is 5.92 Å². The van der Waals surface area contributed by atoms with Crippen LogP contribution in [-0.2, 0) is 4.79 Å². The van der Waals surface area contributed by atoms with E-state index in [0.29, 0.717) is 28.2 Å². The summed E-state index contributed by atoms with van der Waals surface area (Å²) in [6.45, 7) is 0. The molecule has 0 aliphatic heterocycles. The second-order valence-electron chi connectivity index (χ2n) is 5.70. The summed E-state index contributed by atoms with van der Waals surface area (Å²) in [4.78, 5) is 31.0. The Kier molecular flexibility index (Phi) is 3.26. The van der Waals surface area contributed by atoms with E-state index in [9.17, 15) is 9.59 Å². The quantitative estimate of drug-likeness (QED) is 0.764. The Labute approximate surface area is 136 Å². The molecule has 7 nitrogen and oxygen atoms in total. The highest BCUT2D eigenvalue weighted by Crippen LogP contribution is 2.31. The van der Waals surface area contributed by atoms with Crippen LogP contribution in [0.2, 0.25) is 0 Å². The molecule has 3 aromatic rings. The minimum absolute atomic E-state index is 0.0225. The lowest BCUT2D eigenvalue weighted by Gasteiger charge is -2.02. The Bertz CT molecular complexity index is 959. The third-order valence-electron chi connectivity index (χ3n) is 3.83. The normalized spacial score (nSPS) is 13.8. The molecule has 7 heteroatoms. The van der Waals surface area contributed by atoms with Crippen molar-refractivity contribution in [3.8, 4) is 11.5 Å². The summed E-state index contributed by atoms with van der Waals surface area (Å²) in [7, 11) is 0. The van der Waals surface area contributed by atoms with Crippen LogP contribution in [0, 0.1) is 5.92 Å². The number of amides is 1. The molecule has 0 spiro atoms. The third-order valence-corrected chi connectivity index (χ3v) is 3.83. The highest BCUT2D eigenvalue weighted by atomic mass is 16.4. The number of rotatable bonds is 4. The van der Waals surface area contributed by atoms with Gasteiger partial charge in [0.1, 0.15) is 11.2 Å². The number of carbonyl (C=O) groups is 2. The molecular weight excluding hydrogens is 310 g/mol. The monoisotopic (exact) mass is 323 g/mol. The number of fused-ring (bicyclic) bond motifs is 1. The Balaban J connectivity index is 1.66. The number of anilines is 1. The molecule has 0 atom stereocenters. The van der Waals surface area contributed by atoms with Gasteiger partial charge in [0.15, 0.2) is 5.58 Å². The number of carboxylic acid groups (broad SMARTS) is 1. The number of oxazole rings is 1. The molecule has 0 unspecified atom stereocenters. The van der Waals surface area contributed by atoms with Gasteiger partial charge in [0, 0.05) is 29.4 Å². The van der Waals surface area contributed by atoms with Crippen LogP contribution in [0.3, 0.4) is 0 Å². The zero-order valence-corrected chi connectivity index (χ0v) is 12.5. The molecule has 1 aliphatic rings. The van der Waals surface area contributed by atoms with E-state index in [2.05, 4.69) is 15.3 Å². The van der Waals surface area contributed by atoms with Gasteiger partial charge < -0.3 is 14.8 Å². The summed E-state index contributed by atoms with van der Waals surface area (Å²) in [6, 6.07) is 8.27. The number of carboxylic acids is 1. The van der Waals surface area contributed by atoms with E-state index < -0.39 is 5.97 Å². The molecule has 1 fully saturated rings. The third kappa shape index (κ3) is 2.71. The molecule has 2 aromatic heterocycles. The van der Waals surface area contributed by atoms with E-state index >= 15 is 0 Å². The Hall–Kier alpha value is -3.22. The van der Waals surface area contributed by atoms with Gasteiger partial charge in [-0.25, -0.2) is 14.8 Å². The van der Waals surface area contributed by atoms with Crippen LogP contribution in [0.1, 0.15) is 23.3 Å². The highest BCUT2D eigenvalue weighted by molar-refractivity contribution is 5.95. The van der Waals surface area contributed by atoms with Gasteiger partial charge in [0.25, 0.3) is 0 Å². The SMILES string of the molecule is O=C(O)c1cc(-c2nc3ccc(NC(=O)C4CC4)cc3o2)ccn1. The van der Waals surface area contributed by atoms with Crippen molar-refractivity contribution in [1.29, 1.82) is 0 Å². The van der Waals surface area contributed by atoms with E-state index in [-0.39, 0.29) is 17.5 Å². The highest BCUT2D eigenvalue weighted by Gasteiger charge is 2.29. The molecule has 1 aliphatic carbocycles. The number of aromatic nitrogens is 2. The first-order chi connectivity index (χ1) is 11.6. The van der Waals surface area contributed by atoms with Crippen molar-refractivity contribution in [2.45, 2.75) is 12.8 Å². The van der Waals surface area contributed by atoms with Gasteiger partial charge in [-0.3, -0.25) is 4.79 Å². The fourth-order valence-corrected chi connectivity index (χ4v) is 2.40. The summed E-state index contributed by atoms with van der Waals surface area (Å²) >= 11 is 0. The summed E-state index contributed by atoms with van der Waals surface area (Å²) in [5.41, 5.74) is 2.26. The first kappa shape index (κ1) is 14.4. The average Bonchev–Trinajstić information content (AvgIpc) is 3.34. The van der Waals surface area contributed by atoms with Crippen LogP contribution in [-0.4, -0.2) is 27.0 Å². The molecule has 120 valence electrons. The molecule has 24 heavy (non-hydrogen) atoms. The predicted molar refractivity (Wildman–Crippen MR) is 85.6 cm³/mol. The molecule has 1 saturated carbocycles. The van der Waals surface area contributed by atoms with Crippen molar-refractivity contribution >= 4 is 28.7 Å². The lowest BCUT2D eigenvalue weighted by molar-refractivity contribution is -0.117. The number of hydrogen-bond acceptors (Lipinski definition) is 5. The van der Waals surface area contributed by atoms with E-state index in [1.807, 2.05) is 0 Å². The fraction of sp³-hybridized carbons (Fsp3) is 0.176. The standard InChI is InChI=1S/C17H13N3O4/c21-15(9-1-2-9)19-11-3-4-12-14(8-11)24-16(20-12)10-5-6-18-13(7-10)17(22)23/h3-9H,1-2H2,(H,19,21)(H,22,23). The minimum Gasteiger partial charge on any atom is -0.477 e. The molecule has 0 radical (unpaired) electrons. The zero-order valence-electron chi connectivity index (χ0n) is 12.5. The summed E-state index contributed by atoms with van der Waals surface area (Å²) in [6.07, 6.45) is 3.28. The molecule has 0 saturated heterocycles. The number of aromatic carboxylic acids is 1. The van der Waals surface area contributed by atoms with Crippen LogP contribution in [0.25, 0.3) is 22.6 Å². The minimum atomic E-state index is -1.11. The van der Waals surface area contributed by atoms with Crippen molar-refractivity contribution < 1.29 is 19.1 Å². The fourth-order valence-electron chi connectivity index (χ4n) is 2.40. The first-order valence-electron chi connectivity index (χ1n) is 7.51. The molecule has 1 amide bonds. The van der Waals surface area contributed by atoms with Gasteiger partial charge in [-0.2, -0.15) is 0 Å². The second-order valence-corrected chi connectivity index (χ2v) is 5.70. The molecule has 2 N–H and O–H groups in total. The predicted octanol–water partition coefficient (Wildman–Crippen LogP) is 2.94. The molecule has 1 aromatic carbocycles. The molecular formula is C17H13N3O4. The van der Waals surface area contributed by atoms with Crippen LogP contribution in [0.15, 0.2) is 40.9 Å². The Morgan fingerprint density at radius 1 is 1.21 bits per heavy atom. The Morgan fingerprint density at radius 3 is 2.79 bits per heavy atom. The van der Waals surface area contributed by atoms with Crippen LogP contribution in [0.4, 0.5) is 5.69 Å². The zero-order chi connectivity index (χ0) is 16.7. The number of nitrogens with one attached hydrogen (secondary N) is 1. The van der Waals surface area contributed by atoms with E-state index in [1.54, 1.807) is 24.3 Å². The maximum atomic E-state index is 11.8. The summed E-state index contributed by atoms with van der Waals surface area (Å²) < 4.78 is 5.70. The van der Waals surface area contributed by atoms with Gasteiger partial charge in [-0.1, -0.05) is 0 Å². The molecule has 0 bridgehead atoms. The smallest absolute Gasteiger partial charge is 0.354 e. The Morgan fingerprint density at radius 2 is 2.04 bits per heavy atom. The number of nitrogens with zero attached hydrogens (tertiary/aromatic N) is 2.